The summed E-state index contributed by atoms with van der Waals surface area (Å²) in [6, 6.07) is 9.79. The van der Waals surface area contributed by atoms with Crippen molar-refractivity contribution in [1.82, 2.24) is 20.0 Å². The van der Waals surface area contributed by atoms with Crippen LogP contribution in [0.1, 0.15) is 28.7 Å². The summed E-state index contributed by atoms with van der Waals surface area (Å²) in [5.41, 5.74) is 1.61. The largest absolute Gasteiger partial charge is 0.351 e. The second-order valence-electron chi connectivity index (χ2n) is 5.30. The Kier molecular flexibility index (Phi) is 2.73. The molecule has 1 saturated heterocycles. The maximum absolute atomic E-state index is 12.6. The number of likely N-dealkylation sites (tertiary alicyclic amines) is 1. The van der Waals surface area contributed by atoms with Crippen LogP contribution < -0.4 is 0 Å². The summed E-state index contributed by atoms with van der Waals surface area (Å²) >= 11 is 0. The van der Waals surface area contributed by atoms with Gasteiger partial charge in [-0.15, -0.1) is 0 Å². The fourth-order valence-electron chi connectivity index (χ4n) is 2.87. The first-order chi connectivity index (χ1) is 10.3. The Hall–Kier alpha value is -2.63. The van der Waals surface area contributed by atoms with E-state index in [9.17, 15) is 4.79 Å². The molecule has 3 aromatic rings. The maximum atomic E-state index is 12.6. The van der Waals surface area contributed by atoms with E-state index in [0.717, 1.165) is 17.3 Å². The molecule has 1 aromatic carbocycles. The molecular formula is C15H14N4O2. The standard InChI is InChI=1S/C15H14N4O2/c20-15(13-7-10-3-1-2-4-12(10)17-13)19-6-5-11(8-19)14-16-9-21-18-14/h1-4,7,9,11,17H,5-6,8H2/t11-/m1/s1. The van der Waals surface area contributed by atoms with Gasteiger partial charge in [0, 0.05) is 29.9 Å². The number of para-hydroxylation sites is 1. The summed E-state index contributed by atoms with van der Waals surface area (Å²) in [6.45, 7) is 1.35. The monoisotopic (exact) mass is 282 g/mol. The molecule has 6 nitrogen and oxygen atoms in total. The zero-order valence-electron chi connectivity index (χ0n) is 11.3. The molecule has 0 bridgehead atoms. The van der Waals surface area contributed by atoms with Crippen LogP contribution in [0.2, 0.25) is 0 Å². The molecular weight excluding hydrogens is 268 g/mol. The lowest BCUT2D eigenvalue weighted by Gasteiger charge is -2.14. The van der Waals surface area contributed by atoms with E-state index in [-0.39, 0.29) is 11.8 Å². The molecule has 1 N–H and O–H groups in total. The number of nitrogens with zero attached hydrogens (tertiary/aromatic N) is 3. The summed E-state index contributed by atoms with van der Waals surface area (Å²) < 4.78 is 4.78. The second-order valence-corrected chi connectivity index (χ2v) is 5.30. The lowest BCUT2D eigenvalue weighted by atomic mass is 10.1. The molecule has 0 unspecified atom stereocenters. The molecule has 1 aliphatic rings. The topological polar surface area (TPSA) is 75.0 Å². The third-order valence-corrected chi connectivity index (χ3v) is 3.98. The first-order valence-corrected chi connectivity index (χ1v) is 6.94. The number of nitrogens with one attached hydrogen (secondary N) is 1. The van der Waals surface area contributed by atoms with Crippen LogP contribution >= 0.6 is 0 Å². The molecule has 4 rings (SSSR count). The zero-order valence-corrected chi connectivity index (χ0v) is 11.3. The first kappa shape index (κ1) is 12.1. The maximum Gasteiger partial charge on any atom is 0.270 e. The Morgan fingerprint density at radius 1 is 1.38 bits per heavy atom. The fourth-order valence-corrected chi connectivity index (χ4v) is 2.87. The minimum absolute atomic E-state index is 0.0252. The molecule has 0 aliphatic carbocycles. The lowest BCUT2D eigenvalue weighted by Crippen LogP contribution is -2.28. The van der Waals surface area contributed by atoms with Crippen molar-refractivity contribution in [2.75, 3.05) is 13.1 Å². The SMILES string of the molecule is O=C(c1cc2ccccc2[nH]1)N1CC[C@@H](c2ncon2)C1. The Morgan fingerprint density at radius 3 is 3.10 bits per heavy atom. The van der Waals surface area contributed by atoms with E-state index in [0.29, 0.717) is 24.6 Å². The number of rotatable bonds is 2. The van der Waals surface area contributed by atoms with Crippen LogP contribution in [0.25, 0.3) is 10.9 Å². The van der Waals surface area contributed by atoms with Gasteiger partial charge in [-0.2, -0.15) is 4.98 Å². The quantitative estimate of drug-likeness (QED) is 0.781. The average molecular weight is 282 g/mol. The predicted molar refractivity (Wildman–Crippen MR) is 75.9 cm³/mol. The lowest BCUT2D eigenvalue weighted by molar-refractivity contribution is 0.0785. The molecule has 1 atom stereocenters. The second kappa shape index (κ2) is 4.73. The molecule has 6 heteroatoms. The van der Waals surface area contributed by atoms with Gasteiger partial charge in [0.15, 0.2) is 5.82 Å². The van der Waals surface area contributed by atoms with Crippen molar-refractivity contribution in [3.05, 3.63) is 48.2 Å². The van der Waals surface area contributed by atoms with Crippen LogP contribution in [0.4, 0.5) is 0 Å². The normalized spacial score (nSPS) is 18.5. The molecule has 1 amide bonds. The minimum atomic E-state index is 0.0252. The number of H-pyrrole nitrogens is 1. The Balaban J connectivity index is 1.55. The van der Waals surface area contributed by atoms with Crippen molar-refractivity contribution in [3.8, 4) is 0 Å². The predicted octanol–water partition coefficient (Wildman–Crippen LogP) is 2.18. The van der Waals surface area contributed by atoms with Crippen LogP contribution in [0.3, 0.4) is 0 Å². The van der Waals surface area contributed by atoms with Crippen LogP contribution in [0.5, 0.6) is 0 Å². The van der Waals surface area contributed by atoms with Crippen LogP contribution in [-0.4, -0.2) is 39.0 Å². The number of hydrogen-bond donors (Lipinski definition) is 1. The van der Waals surface area contributed by atoms with Gasteiger partial charge >= 0.3 is 0 Å². The smallest absolute Gasteiger partial charge is 0.270 e. The number of amides is 1. The number of carbonyl (C=O) groups excluding carboxylic acids is 1. The minimum Gasteiger partial charge on any atom is -0.351 e. The number of carbonyl (C=O) groups is 1. The molecule has 2 aromatic heterocycles. The van der Waals surface area contributed by atoms with Crippen LogP contribution in [0, 0.1) is 0 Å². The van der Waals surface area contributed by atoms with Gasteiger partial charge in [-0.05, 0) is 18.6 Å². The van der Waals surface area contributed by atoms with Crippen LogP contribution in [-0.2, 0) is 0 Å². The number of benzene rings is 1. The number of fused-ring (bicyclic) bond motifs is 1. The van der Waals surface area contributed by atoms with Crippen molar-refractivity contribution < 1.29 is 9.32 Å². The van der Waals surface area contributed by atoms with Gasteiger partial charge < -0.3 is 14.4 Å². The molecule has 106 valence electrons. The van der Waals surface area contributed by atoms with E-state index < -0.39 is 0 Å². The summed E-state index contributed by atoms with van der Waals surface area (Å²) in [5.74, 6) is 0.872. The number of aromatic nitrogens is 3. The molecule has 1 aliphatic heterocycles. The fraction of sp³-hybridized carbons (Fsp3) is 0.267. The molecule has 21 heavy (non-hydrogen) atoms. The summed E-state index contributed by atoms with van der Waals surface area (Å²) in [6.07, 6.45) is 2.20. The molecule has 3 heterocycles. The Morgan fingerprint density at radius 2 is 2.29 bits per heavy atom. The molecule has 0 spiro atoms. The third-order valence-electron chi connectivity index (χ3n) is 3.98. The van der Waals surface area contributed by atoms with Gasteiger partial charge in [0.25, 0.3) is 5.91 Å². The Bertz CT molecular complexity index is 745. The number of hydrogen-bond acceptors (Lipinski definition) is 4. The van der Waals surface area contributed by atoms with Crippen molar-refractivity contribution in [2.45, 2.75) is 12.3 Å². The van der Waals surface area contributed by atoms with Crippen molar-refractivity contribution >= 4 is 16.8 Å². The Labute approximate surface area is 120 Å². The van der Waals surface area contributed by atoms with E-state index >= 15 is 0 Å². The van der Waals surface area contributed by atoms with Crippen molar-refractivity contribution in [3.63, 3.8) is 0 Å². The average Bonchev–Trinajstić information content (AvgIpc) is 3.24. The van der Waals surface area contributed by atoms with Gasteiger partial charge in [0.05, 0.1) is 0 Å². The molecule has 0 saturated carbocycles. The van der Waals surface area contributed by atoms with Crippen LogP contribution in [0.15, 0.2) is 41.2 Å². The highest BCUT2D eigenvalue weighted by Crippen LogP contribution is 2.26. The van der Waals surface area contributed by atoms with Crippen molar-refractivity contribution in [2.24, 2.45) is 0 Å². The van der Waals surface area contributed by atoms with E-state index in [1.54, 1.807) is 0 Å². The van der Waals surface area contributed by atoms with Gasteiger partial charge in [0.2, 0.25) is 6.39 Å². The van der Waals surface area contributed by atoms with E-state index in [1.165, 1.54) is 6.39 Å². The zero-order chi connectivity index (χ0) is 14.2. The van der Waals surface area contributed by atoms with Crippen molar-refractivity contribution in [1.29, 1.82) is 0 Å². The van der Waals surface area contributed by atoms with Gasteiger partial charge in [-0.1, -0.05) is 23.4 Å². The van der Waals surface area contributed by atoms with E-state index in [2.05, 4.69) is 15.1 Å². The first-order valence-electron chi connectivity index (χ1n) is 6.94. The highest BCUT2D eigenvalue weighted by molar-refractivity contribution is 5.98. The highest BCUT2D eigenvalue weighted by Gasteiger charge is 2.30. The molecule has 0 radical (unpaired) electrons. The molecule has 1 fully saturated rings. The van der Waals surface area contributed by atoms with Gasteiger partial charge in [-0.25, -0.2) is 0 Å². The van der Waals surface area contributed by atoms with Gasteiger partial charge in [-0.3, -0.25) is 4.79 Å². The highest BCUT2D eigenvalue weighted by atomic mass is 16.5. The van der Waals surface area contributed by atoms with E-state index in [4.69, 9.17) is 4.52 Å². The third kappa shape index (κ3) is 2.08. The summed E-state index contributed by atoms with van der Waals surface area (Å²) in [7, 11) is 0. The summed E-state index contributed by atoms with van der Waals surface area (Å²) in [4.78, 5) is 21.7. The summed E-state index contributed by atoms with van der Waals surface area (Å²) in [5, 5.41) is 4.92. The van der Waals surface area contributed by atoms with E-state index in [1.807, 2.05) is 35.2 Å². The number of aromatic amines is 1. The van der Waals surface area contributed by atoms with Gasteiger partial charge in [0.1, 0.15) is 5.69 Å².